The average molecular weight is 598 g/mol. The molecule has 1 saturated carbocycles. The Morgan fingerprint density at radius 3 is 2.35 bits per heavy atom. The molecule has 13 heteroatoms. The minimum absolute atomic E-state index is 0.0520. The first-order valence-electron chi connectivity index (χ1n) is 13.9. The van der Waals surface area contributed by atoms with Gasteiger partial charge in [0.05, 0.1) is 40.2 Å². The number of fused-ring (bicyclic) bond motifs is 2. The van der Waals surface area contributed by atoms with Crippen LogP contribution >= 0.6 is 0 Å². The van der Waals surface area contributed by atoms with Crippen molar-refractivity contribution in [2.45, 2.75) is 83.7 Å². The van der Waals surface area contributed by atoms with Crippen LogP contribution in [0.4, 0.5) is 17.6 Å². The Morgan fingerprint density at radius 1 is 0.907 bits per heavy atom. The van der Waals surface area contributed by atoms with Gasteiger partial charge in [-0.2, -0.15) is 28.4 Å². The molecule has 43 heavy (non-hydrogen) atoms. The Hall–Kier alpha value is -4.29. The predicted octanol–water partition coefficient (Wildman–Crippen LogP) is 6.86. The fourth-order valence-electron chi connectivity index (χ4n) is 5.11. The van der Waals surface area contributed by atoms with Crippen LogP contribution in [0, 0.1) is 5.82 Å². The Morgan fingerprint density at radius 2 is 1.65 bits per heavy atom. The number of nitrogens with zero attached hydrogens (tertiary/aromatic N) is 7. The number of hydrogen-bond donors (Lipinski definition) is 0. The molecule has 1 aliphatic rings. The standard InChI is InChI=1S/C30H31F4N7O2/c1-28(2,3)42-26-20(13-35-27(39-26)43-29(4,5)6)22-12-24(41-25(38-22)7-8-36-41)18-11-17(18)16-9-21(31)19-14-37-40(23(19)10-16)15-30(32,33)34/h7-10,12-14,17-18H,11,15H2,1-6H3/t17-,18+/m1/s1. The number of alkyl halides is 3. The highest BCUT2D eigenvalue weighted by Crippen LogP contribution is 2.55. The van der Waals surface area contributed by atoms with Crippen LogP contribution < -0.4 is 9.47 Å². The normalized spacial score (nSPS) is 17.5. The molecular formula is C30H31F4N7O2. The van der Waals surface area contributed by atoms with E-state index < -0.39 is 29.7 Å². The molecule has 0 saturated heterocycles. The van der Waals surface area contributed by atoms with Crippen molar-refractivity contribution in [1.82, 2.24) is 34.3 Å². The summed E-state index contributed by atoms with van der Waals surface area (Å²) in [6.07, 6.45) is 0.547. The molecule has 4 heterocycles. The molecule has 0 N–H and O–H groups in total. The molecule has 9 nitrogen and oxygen atoms in total. The molecule has 0 amide bonds. The first kappa shape index (κ1) is 28.8. The lowest BCUT2D eigenvalue weighted by atomic mass is 10.0. The van der Waals surface area contributed by atoms with E-state index in [9.17, 15) is 13.2 Å². The van der Waals surface area contributed by atoms with Gasteiger partial charge in [-0.25, -0.2) is 18.9 Å². The first-order valence-corrected chi connectivity index (χ1v) is 13.9. The summed E-state index contributed by atoms with van der Waals surface area (Å²) in [5, 5.41) is 8.28. The number of benzene rings is 1. The van der Waals surface area contributed by atoms with Crippen molar-refractivity contribution >= 4 is 16.6 Å². The van der Waals surface area contributed by atoms with Crippen LogP contribution in [0.3, 0.4) is 0 Å². The van der Waals surface area contributed by atoms with Gasteiger partial charge < -0.3 is 9.47 Å². The lowest BCUT2D eigenvalue weighted by Crippen LogP contribution is -2.26. The summed E-state index contributed by atoms with van der Waals surface area (Å²) in [5.74, 6) is -0.525. The minimum Gasteiger partial charge on any atom is -0.471 e. The first-order chi connectivity index (χ1) is 20.0. The van der Waals surface area contributed by atoms with E-state index in [1.807, 2.05) is 47.6 Å². The maximum absolute atomic E-state index is 15.0. The quantitative estimate of drug-likeness (QED) is 0.197. The summed E-state index contributed by atoms with van der Waals surface area (Å²) in [5.41, 5.74) is 2.13. The van der Waals surface area contributed by atoms with Gasteiger partial charge in [0, 0.05) is 18.2 Å². The Balaban J connectivity index is 1.39. The monoisotopic (exact) mass is 597 g/mol. The summed E-state index contributed by atoms with van der Waals surface area (Å²) in [6.45, 7) is 10.1. The van der Waals surface area contributed by atoms with E-state index in [2.05, 4.69) is 20.2 Å². The molecule has 6 rings (SSSR count). The maximum Gasteiger partial charge on any atom is 0.408 e. The zero-order chi connectivity index (χ0) is 30.9. The summed E-state index contributed by atoms with van der Waals surface area (Å²) >= 11 is 0. The Bertz CT molecular complexity index is 1830. The predicted molar refractivity (Wildman–Crippen MR) is 151 cm³/mol. The molecular weight excluding hydrogens is 566 g/mol. The number of hydrogen-bond acceptors (Lipinski definition) is 7. The molecule has 1 aromatic carbocycles. The highest BCUT2D eigenvalue weighted by atomic mass is 19.4. The van der Waals surface area contributed by atoms with Gasteiger partial charge in [0.1, 0.15) is 23.6 Å². The molecule has 0 spiro atoms. The fraction of sp³-hybridized carbons (Fsp3) is 0.433. The zero-order valence-corrected chi connectivity index (χ0v) is 24.6. The van der Waals surface area contributed by atoms with Gasteiger partial charge in [-0.1, -0.05) is 0 Å². The average Bonchev–Trinajstić information content (AvgIpc) is 3.34. The third kappa shape index (κ3) is 6.11. The van der Waals surface area contributed by atoms with Gasteiger partial charge in [-0.3, -0.25) is 4.68 Å². The molecule has 2 atom stereocenters. The van der Waals surface area contributed by atoms with Gasteiger partial charge >= 0.3 is 12.2 Å². The third-order valence-electron chi connectivity index (χ3n) is 6.86. The third-order valence-corrected chi connectivity index (χ3v) is 6.86. The molecule has 226 valence electrons. The second-order valence-corrected chi connectivity index (χ2v) is 12.8. The highest BCUT2D eigenvalue weighted by molar-refractivity contribution is 5.80. The number of halogens is 4. The SMILES string of the molecule is CC(C)(C)Oc1ncc(-c2cc([C@H]3C[C@@H]3c3cc(F)c4cnn(CC(F)(F)F)c4c3)n3nccc3n2)c(OC(C)(C)C)n1. The van der Waals surface area contributed by atoms with Crippen LogP contribution in [0.2, 0.25) is 0 Å². The molecule has 5 aromatic rings. The van der Waals surface area contributed by atoms with Gasteiger partial charge in [-0.05, 0) is 77.6 Å². The van der Waals surface area contributed by atoms with E-state index in [0.29, 0.717) is 34.8 Å². The Kier molecular flexibility index (Phi) is 6.62. The van der Waals surface area contributed by atoms with Gasteiger partial charge in [-0.15, -0.1) is 0 Å². The Labute approximate surface area is 244 Å². The van der Waals surface area contributed by atoms with Gasteiger partial charge in [0.25, 0.3) is 0 Å². The topological polar surface area (TPSA) is 92.3 Å². The van der Waals surface area contributed by atoms with Crippen LogP contribution in [0.15, 0.2) is 42.9 Å². The van der Waals surface area contributed by atoms with Crippen LogP contribution in [-0.4, -0.2) is 51.7 Å². The van der Waals surface area contributed by atoms with Gasteiger partial charge in [0.15, 0.2) is 5.65 Å². The lowest BCUT2D eigenvalue weighted by Gasteiger charge is -2.24. The van der Waals surface area contributed by atoms with E-state index in [0.717, 1.165) is 16.6 Å². The fourth-order valence-corrected chi connectivity index (χ4v) is 5.11. The van der Waals surface area contributed by atoms with Crippen molar-refractivity contribution < 1.29 is 27.0 Å². The van der Waals surface area contributed by atoms with E-state index in [1.54, 1.807) is 29.0 Å². The van der Waals surface area contributed by atoms with Crippen LogP contribution in [0.5, 0.6) is 11.9 Å². The summed E-state index contributed by atoms with van der Waals surface area (Å²) in [7, 11) is 0. The lowest BCUT2D eigenvalue weighted by molar-refractivity contribution is -0.141. The molecule has 0 bridgehead atoms. The zero-order valence-electron chi connectivity index (χ0n) is 24.6. The molecule has 1 aliphatic carbocycles. The van der Waals surface area contributed by atoms with Crippen molar-refractivity contribution in [3.8, 4) is 23.1 Å². The second kappa shape index (κ2) is 9.88. The molecule has 0 aliphatic heterocycles. The number of rotatable bonds is 6. The molecule has 0 unspecified atom stereocenters. The molecule has 4 aromatic heterocycles. The van der Waals surface area contributed by atoms with E-state index in [4.69, 9.17) is 14.5 Å². The van der Waals surface area contributed by atoms with Crippen LogP contribution in [-0.2, 0) is 6.54 Å². The van der Waals surface area contributed by atoms with Crippen molar-refractivity contribution in [3.63, 3.8) is 0 Å². The van der Waals surface area contributed by atoms with Gasteiger partial charge in [0.2, 0.25) is 5.88 Å². The number of ether oxygens (including phenoxy) is 2. The largest absolute Gasteiger partial charge is 0.471 e. The summed E-state index contributed by atoms with van der Waals surface area (Å²) < 4.78 is 69.0. The van der Waals surface area contributed by atoms with Crippen molar-refractivity contribution in [2.75, 3.05) is 0 Å². The van der Waals surface area contributed by atoms with E-state index in [-0.39, 0.29) is 28.7 Å². The van der Waals surface area contributed by atoms with E-state index in [1.165, 1.54) is 6.07 Å². The van der Waals surface area contributed by atoms with Crippen molar-refractivity contribution in [2.24, 2.45) is 0 Å². The van der Waals surface area contributed by atoms with Crippen LogP contribution in [0.25, 0.3) is 27.8 Å². The molecule has 1 fully saturated rings. The van der Waals surface area contributed by atoms with Crippen LogP contribution in [0.1, 0.15) is 71.1 Å². The smallest absolute Gasteiger partial charge is 0.408 e. The highest BCUT2D eigenvalue weighted by Gasteiger charge is 2.42. The molecule has 0 radical (unpaired) electrons. The summed E-state index contributed by atoms with van der Waals surface area (Å²) in [4.78, 5) is 13.8. The van der Waals surface area contributed by atoms with Crippen molar-refractivity contribution in [1.29, 1.82) is 0 Å². The van der Waals surface area contributed by atoms with E-state index >= 15 is 4.39 Å². The van der Waals surface area contributed by atoms with Crippen molar-refractivity contribution in [3.05, 3.63) is 59.9 Å². The second-order valence-electron chi connectivity index (χ2n) is 12.8. The minimum atomic E-state index is -4.48. The summed E-state index contributed by atoms with van der Waals surface area (Å²) in [6, 6.07) is 6.80. The number of aromatic nitrogens is 7. The maximum atomic E-state index is 15.0.